The Hall–Kier alpha value is -2.93. The van der Waals surface area contributed by atoms with Crippen LogP contribution in [-0.2, 0) is 0 Å². The molecule has 6 nitrogen and oxygen atoms in total. The zero-order chi connectivity index (χ0) is 19.4. The summed E-state index contributed by atoms with van der Waals surface area (Å²) < 4.78 is 13.8. The van der Waals surface area contributed by atoms with Gasteiger partial charge in [0, 0.05) is 31.9 Å². The SMILES string of the molecule is CCN1CCN(c2ccc(NC(=O)c3ccccc3F)cc2C(=O)O)CC1. The van der Waals surface area contributed by atoms with Gasteiger partial charge in [-0.15, -0.1) is 0 Å². The van der Waals surface area contributed by atoms with Crippen molar-refractivity contribution >= 4 is 23.3 Å². The summed E-state index contributed by atoms with van der Waals surface area (Å²) in [4.78, 5) is 28.3. The van der Waals surface area contributed by atoms with E-state index in [2.05, 4.69) is 17.1 Å². The molecule has 27 heavy (non-hydrogen) atoms. The number of hydrogen-bond donors (Lipinski definition) is 2. The summed E-state index contributed by atoms with van der Waals surface area (Å²) in [5.74, 6) is -2.31. The molecular formula is C20H22FN3O3. The van der Waals surface area contributed by atoms with Crippen LogP contribution in [0.3, 0.4) is 0 Å². The second-order valence-electron chi connectivity index (χ2n) is 6.39. The summed E-state index contributed by atoms with van der Waals surface area (Å²) in [5.41, 5.74) is 0.971. The highest BCUT2D eigenvalue weighted by Gasteiger charge is 2.21. The molecule has 2 aromatic carbocycles. The van der Waals surface area contributed by atoms with Gasteiger partial charge in [0.2, 0.25) is 0 Å². The molecular weight excluding hydrogens is 349 g/mol. The summed E-state index contributed by atoms with van der Waals surface area (Å²) in [7, 11) is 0. The predicted molar refractivity (Wildman–Crippen MR) is 102 cm³/mol. The van der Waals surface area contributed by atoms with Crippen molar-refractivity contribution in [1.29, 1.82) is 0 Å². The minimum Gasteiger partial charge on any atom is -0.478 e. The fourth-order valence-electron chi connectivity index (χ4n) is 3.21. The second kappa shape index (κ2) is 8.18. The topological polar surface area (TPSA) is 72.9 Å². The van der Waals surface area contributed by atoms with Crippen LogP contribution < -0.4 is 10.2 Å². The summed E-state index contributed by atoms with van der Waals surface area (Å²) in [6.45, 7) is 6.32. The molecule has 1 heterocycles. The zero-order valence-corrected chi connectivity index (χ0v) is 15.1. The molecule has 1 aliphatic heterocycles. The molecule has 0 atom stereocenters. The fourth-order valence-corrected chi connectivity index (χ4v) is 3.21. The van der Waals surface area contributed by atoms with Crippen molar-refractivity contribution in [2.45, 2.75) is 6.92 Å². The van der Waals surface area contributed by atoms with Crippen molar-refractivity contribution < 1.29 is 19.1 Å². The minimum absolute atomic E-state index is 0.0888. The van der Waals surface area contributed by atoms with Gasteiger partial charge in [0.05, 0.1) is 16.8 Å². The number of anilines is 2. The van der Waals surface area contributed by atoms with Gasteiger partial charge >= 0.3 is 5.97 Å². The molecule has 0 spiro atoms. The number of benzene rings is 2. The van der Waals surface area contributed by atoms with Crippen LogP contribution in [0.2, 0.25) is 0 Å². The minimum atomic E-state index is -1.06. The molecule has 0 aliphatic carbocycles. The monoisotopic (exact) mass is 371 g/mol. The molecule has 0 unspecified atom stereocenters. The standard InChI is InChI=1S/C20H22FN3O3/c1-2-23-9-11-24(12-10-23)18-8-7-14(13-16(18)20(26)27)22-19(25)15-5-3-4-6-17(15)21/h3-8,13H,2,9-12H2,1H3,(H,22,25)(H,26,27). The van der Waals surface area contributed by atoms with Gasteiger partial charge in [-0.2, -0.15) is 0 Å². The number of carbonyl (C=O) groups is 2. The average Bonchev–Trinajstić information content (AvgIpc) is 2.68. The highest BCUT2D eigenvalue weighted by Crippen LogP contribution is 2.26. The molecule has 0 bridgehead atoms. The lowest BCUT2D eigenvalue weighted by molar-refractivity contribution is 0.0697. The smallest absolute Gasteiger partial charge is 0.337 e. The molecule has 2 N–H and O–H groups in total. The molecule has 7 heteroatoms. The molecule has 2 aromatic rings. The number of amides is 1. The fraction of sp³-hybridized carbons (Fsp3) is 0.300. The third-order valence-electron chi connectivity index (χ3n) is 4.76. The average molecular weight is 371 g/mol. The van der Waals surface area contributed by atoms with Gasteiger partial charge in [0.25, 0.3) is 5.91 Å². The van der Waals surface area contributed by atoms with Crippen LogP contribution in [-0.4, -0.2) is 54.6 Å². The van der Waals surface area contributed by atoms with Crippen molar-refractivity contribution in [1.82, 2.24) is 4.90 Å². The maximum absolute atomic E-state index is 13.8. The number of nitrogens with one attached hydrogen (secondary N) is 1. The van der Waals surface area contributed by atoms with Gasteiger partial charge in [-0.25, -0.2) is 9.18 Å². The molecule has 1 aliphatic rings. The van der Waals surface area contributed by atoms with Crippen LogP contribution in [0.4, 0.5) is 15.8 Å². The first-order valence-electron chi connectivity index (χ1n) is 8.90. The number of carbonyl (C=O) groups excluding carboxylic acids is 1. The van der Waals surface area contributed by atoms with Crippen molar-refractivity contribution in [2.75, 3.05) is 42.9 Å². The number of hydrogen-bond acceptors (Lipinski definition) is 4. The van der Waals surface area contributed by atoms with Crippen molar-refractivity contribution in [3.8, 4) is 0 Å². The highest BCUT2D eigenvalue weighted by molar-refractivity contribution is 6.05. The Kier molecular flexibility index (Phi) is 5.71. The lowest BCUT2D eigenvalue weighted by Crippen LogP contribution is -2.46. The lowest BCUT2D eigenvalue weighted by atomic mass is 10.1. The van der Waals surface area contributed by atoms with Crippen LogP contribution in [0.25, 0.3) is 0 Å². The molecule has 3 rings (SSSR count). The van der Waals surface area contributed by atoms with Crippen LogP contribution >= 0.6 is 0 Å². The van der Waals surface area contributed by atoms with E-state index in [1.807, 2.05) is 4.90 Å². The number of aromatic carboxylic acids is 1. The Morgan fingerprint density at radius 2 is 1.78 bits per heavy atom. The van der Waals surface area contributed by atoms with E-state index in [9.17, 15) is 19.1 Å². The maximum Gasteiger partial charge on any atom is 0.337 e. The third-order valence-corrected chi connectivity index (χ3v) is 4.76. The van der Waals surface area contributed by atoms with Crippen LogP contribution in [0.1, 0.15) is 27.6 Å². The normalized spacial score (nSPS) is 14.8. The van der Waals surface area contributed by atoms with Crippen LogP contribution in [0.5, 0.6) is 0 Å². The van der Waals surface area contributed by atoms with E-state index in [0.29, 0.717) is 11.4 Å². The van der Waals surface area contributed by atoms with E-state index in [-0.39, 0.29) is 11.1 Å². The van der Waals surface area contributed by atoms with Gasteiger partial charge in [-0.3, -0.25) is 4.79 Å². The molecule has 1 fully saturated rings. The van der Waals surface area contributed by atoms with E-state index in [1.165, 1.54) is 24.3 Å². The van der Waals surface area contributed by atoms with Crippen molar-refractivity contribution in [3.05, 3.63) is 59.4 Å². The molecule has 0 aromatic heterocycles. The Morgan fingerprint density at radius 3 is 2.41 bits per heavy atom. The largest absolute Gasteiger partial charge is 0.478 e. The number of rotatable bonds is 5. The summed E-state index contributed by atoms with van der Waals surface area (Å²) in [6, 6.07) is 10.4. The van der Waals surface area contributed by atoms with E-state index in [1.54, 1.807) is 18.2 Å². The van der Waals surface area contributed by atoms with Gasteiger partial charge in [0.15, 0.2) is 0 Å². The molecule has 142 valence electrons. The summed E-state index contributed by atoms with van der Waals surface area (Å²) >= 11 is 0. The Labute approximate surface area is 157 Å². The summed E-state index contributed by atoms with van der Waals surface area (Å²) in [5, 5.41) is 12.2. The number of nitrogens with zero attached hydrogens (tertiary/aromatic N) is 2. The molecule has 1 amide bonds. The number of piperazine rings is 1. The van der Waals surface area contributed by atoms with Gasteiger partial charge in [0.1, 0.15) is 5.82 Å². The third kappa shape index (κ3) is 4.25. The van der Waals surface area contributed by atoms with Gasteiger partial charge < -0.3 is 20.2 Å². The predicted octanol–water partition coefficient (Wildman–Crippen LogP) is 2.92. The lowest BCUT2D eigenvalue weighted by Gasteiger charge is -2.36. The van der Waals surface area contributed by atoms with Crippen molar-refractivity contribution in [3.63, 3.8) is 0 Å². The Balaban J connectivity index is 1.81. The van der Waals surface area contributed by atoms with Gasteiger partial charge in [-0.05, 0) is 36.9 Å². The molecule has 0 radical (unpaired) electrons. The second-order valence-corrected chi connectivity index (χ2v) is 6.39. The summed E-state index contributed by atoms with van der Waals surface area (Å²) in [6.07, 6.45) is 0. The van der Waals surface area contributed by atoms with E-state index < -0.39 is 17.7 Å². The van der Waals surface area contributed by atoms with E-state index in [4.69, 9.17) is 0 Å². The molecule has 0 saturated carbocycles. The highest BCUT2D eigenvalue weighted by atomic mass is 19.1. The number of carboxylic acid groups (broad SMARTS) is 1. The van der Waals surface area contributed by atoms with Crippen LogP contribution in [0, 0.1) is 5.82 Å². The number of carboxylic acids is 1. The van der Waals surface area contributed by atoms with E-state index >= 15 is 0 Å². The van der Waals surface area contributed by atoms with Crippen molar-refractivity contribution in [2.24, 2.45) is 0 Å². The molecule has 1 saturated heterocycles. The number of likely N-dealkylation sites (N-methyl/N-ethyl adjacent to an activating group) is 1. The van der Waals surface area contributed by atoms with Gasteiger partial charge in [-0.1, -0.05) is 19.1 Å². The first kappa shape index (κ1) is 18.8. The van der Waals surface area contributed by atoms with E-state index in [0.717, 1.165) is 32.7 Å². The first-order valence-corrected chi connectivity index (χ1v) is 8.90. The Morgan fingerprint density at radius 1 is 1.07 bits per heavy atom. The number of halogens is 1. The Bertz CT molecular complexity index is 848. The maximum atomic E-state index is 13.8. The zero-order valence-electron chi connectivity index (χ0n) is 15.1. The quantitative estimate of drug-likeness (QED) is 0.846. The first-order chi connectivity index (χ1) is 13.0. The van der Waals surface area contributed by atoms with Crippen LogP contribution in [0.15, 0.2) is 42.5 Å².